The second-order valence-corrected chi connectivity index (χ2v) is 6.77. The molecule has 0 radical (unpaired) electrons. The van der Waals surface area contributed by atoms with Gasteiger partial charge in [0.15, 0.2) is 16.1 Å². The van der Waals surface area contributed by atoms with E-state index in [2.05, 4.69) is 0 Å². The summed E-state index contributed by atoms with van der Waals surface area (Å²) in [5, 5.41) is 0. The third-order valence-corrected chi connectivity index (χ3v) is 4.78. The van der Waals surface area contributed by atoms with Crippen molar-refractivity contribution in [3.8, 4) is 0 Å². The van der Waals surface area contributed by atoms with Crippen LogP contribution in [0.25, 0.3) is 0 Å². The molecule has 1 aliphatic heterocycles. The zero-order valence-corrected chi connectivity index (χ0v) is 11.9. The first-order chi connectivity index (χ1) is 9.79. The van der Waals surface area contributed by atoms with Crippen LogP contribution in [-0.4, -0.2) is 33.7 Å². The van der Waals surface area contributed by atoms with Gasteiger partial charge in [0.2, 0.25) is 0 Å². The summed E-state index contributed by atoms with van der Waals surface area (Å²) in [6.07, 6.45) is -4.34. The average molecular weight is 324 g/mol. The van der Waals surface area contributed by atoms with Crippen molar-refractivity contribution in [2.24, 2.45) is 0 Å². The first-order valence-electron chi connectivity index (χ1n) is 6.42. The first kappa shape index (κ1) is 16.3. The average Bonchev–Trinajstić information content (AvgIpc) is 2.46. The summed E-state index contributed by atoms with van der Waals surface area (Å²) >= 11 is 0. The van der Waals surface area contributed by atoms with Gasteiger partial charge in [0.25, 0.3) is 0 Å². The van der Waals surface area contributed by atoms with Crippen LogP contribution in [-0.2, 0) is 25.5 Å². The Morgan fingerprint density at radius 3 is 2.48 bits per heavy atom. The Morgan fingerprint density at radius 1 is 1.19 bits per heavy atom. The van der Waals surface area contributed by atoms with Gasteiger partial charge < -0.3 is 9.47 Å². The molecule has 2 rings (SSSR count). The largest absolute Gasteiger partial charge is 0.416 e. The molecular weight excluding hydrogens is 309 g/mol. The second kappa shape index (κ2) is 6.33. The maximum atomic E-state index is 12.6. The van der Waals surface area contributed by atoms with Crippen molar-refractivity contribution in [2.75, 3.05) is 19.0 Å². The van der Waals surface area contributed by atoms with Gasteiger partial charge in [0.05, 0.1) is 29.4 Å². The lowest BCUT2D eigenvalue weighted by molar-refractivity contribution is -0.178. The fourth-order valence-corrected chi connectivity index (χ4v) is 3.27. The van der Waals surface area contributed by atoms with E-state index in [-0.39, 0.29) is 17.1 Å². The molecule has 1 saturated heterocycles. The van der Waals surface area contributed by atoms with Crippen LogP contribution in [0.15, 0.2) is 29.2 Å². The Kier molecular flexibility index (Phi) is 4.90. The lowest BCUT2D eigenvalue weighted by Gasteiger charge is -2.23. The van der Waals surface area contributed by atoms with Crippen LogP contribution >= 0.6 is 0 Å². The van der Waals surface area contributed by atoms with E-state index < -0.39 is 27.9 Å². The van der Waals surface area contributed by atoms with Crippen molar-refractivity contribution in [2.45, 2.75) is 30.2 Å². The molecule has 1 aromatic rings. The molecule has 0 unspecified atom stereocenters. The predicted molar refractivity (Wildman–Crippen MR) is 68.4 cm³/mol. The highest BCUT2D eigenvalue weighted by Gasteiger charge is 2.31. The van der Waals surface area contributed by atoms with E-state index in [1.54, 1.807) is 0 Å². The molecule has 0 aromatic heterocycles. The topological polar surface area (TPSA) is 52.6 Å². The minimum absolute atomic E-state index is 0.0958. The highest BCUT2D eigenvalue weighted by molar-refractivity contribution is 7.91. The summed E-state index contributed by atoms with van der Waals surface area (Å²) in [6.45, 7) is 0.989. The Morgan fingerprint density at radius 2 is 1.86 bits per heavy atom. The number of rotatable bonds is 4. The van der Waals surface area contributed by atoms with E-state index in [9.17, 15) is 21.6 Å². The summed E-state index contributed by atoms with van der Waals surface area (Å²) in [5.41, 5.74) is -0.978. The van der Waals surface area contributed by atoms with Crippen LogP contribution in [0.4, 0.5) is 13.2 Å². The van der Waals surface area contributed by atoms with Gasteiger partial charge in [-0.25, -0.2) is 8.42 Å². The normalized spacial score (nSPS) is 17.9. The van der Waals surface area contributed by atoms with E-state index in [1.807, 2.05) is 0 Å². The van der Waals surface area contributed by atoms with Crippen molar-refractivity contribution in [3.05, 3.63) is 29.8 Å². The number of hydrogen-bond acceptors (Lipinski definition) is 4. The molecule has 0 aliphatic carbocycles. The first-order valence-corrected chi connectivity index (χ1v) is 8.07. The smallest absolute Gasteiger partial charge is 0.353 e. The second-order valence-electron chi connectivity index (χ2n) is 4.66. The number of halogens is 3. The molecule has 118 valence electrons. The van der Waals surface area contributed by atoms with Gasteiger partial charge in [-0.3, -0.25) is 0 Å². The van der Waals surface area contributed by atoms with Gasteiger partial charge in [-0.2, -0.15) is 13.2 Å². The van der Waals surface area contributed by atoms with Crippen molar-refractivity contribution in [3.63, 3.8) is 0 Å². The number of alkyl halides is 3. The van der Waals surface area contributed by atoms with E-state index >= 15 is 0 Å². The lowest BCUT2D eigenvalue weighted by atomic mass is 10.2. The van der Waals surface area contributed by atoms with E-state index in [4.69, 9.17) is 9.47 Å². The highest BCUT2D eigenvalue weighted by Crippen LogP contribution is 2.30. The van der Waals surface area contributed by atoms with Crippen LogP contribution in [0.2, 0.25) is 0 Å². The van der Waals surface area contributed by atoms with Gasteiger partial charge in [0, 0.05) is 6.42 Å². The molecule has 1 aliphatic rings. The van der Waals surface area contributed by atoms with E-state index in [0.717, 1.165) is 24.6 Å². The maximum Gasteiger partial charge on any atom is 0.416 e. The fraction of sp³-hybridized carbons (Fsp3) is 0.538. The molecule has 0 spiro atoms. The Bertz CT molecular complexity index is 577. The molecule has 0 atom stereocenters. The Labute approximate surface area is 120 Å². The van der Waals surface area contributed by atoms with Gasteiger partial charge in [-0.1, -0.05) is 6.07 Å². The quantitative estimate of drug-likeness (QED) is 0.854. The van der Waals surface area contributed by atoms with Crippen LogP contribution in [0.5, 0.6) is 0 Å². The standard InChI is InChI=1S/C13H15F3O4S/c14-13(15,16)10-3-1-4-11(9-10)21(17,18)8-5-12-19-6-2-7-20-12/h1,3-4,9,12H,2,5-8H2. The van der Waals surface area contributed by atoms with Crippen molar-refractivity contribution < 1.29 is 31.1 Å². The summed E-state index contributed by atoms with van der Waals surface area (Å²) in [6, 6.07) is 3.74. The zero-order valence-electron chi connectivity index (χ0n) is 11.1. The SMILES string of the molecule is O=S(=O)(CCC1OCCCO1)c1cccc(C(F)(F)F)c1. The maximum absolute atomic E-state index is 12.6. The summed E-state index contributed by atoms with van der Waals surface area (Å²) < 4.78 is 72.4. The molecule has 4 nitrogen and oxygen atoms in total. The van der Waals surface area contributed by atoms with Crippen molar-refractivity contribution >= 4 is 9.84 Å². The molecule has 1 heterocycles. The summed E-state index contributed by atoms with van der Waals surface area (Å²) in [7, 11) is -3.80. The number of sulfone groups is 1. The number of hydrogen-bond donors (Lipinski definition) is 0. The van der Waals surface area contributed by atoms with Gasteiger partial charge in [-0.05, 0) is 24.6 Å². The molecule has 8 heteroatoms. The monoisotopic (exact) mass is 324 g/mol. The number of benzene rings is 1. The molecule has 1 fully saturated rings. The lowest BCUT2D eigenvalue weighted by Crippen LogP contribution is -2.27. The van der Waals surface area contributed by atoms with E-state index in [0.29, 0.717) is 19.3 Å². The van der Waals surface area contributed by atoms with E-state index in [1.165, 1.54) is 0 Å². The third kappa shape index (κ3) is 4.42. The van der Waals surface area contributed by atoms with Crippen LogP contribution in [0.3, 0.4) is 0 Å². The van der Waals surface area contributed by atoms with Crippen molar-refractivity contribution in [1.29, 1.82) is 0 Å². The van der Waals surface area contributed by atoms with Crippen LogP contribution in [0.1, 0.15) is 18.4 Å². The molecule has 21 heavy (non-hydrogen) atoms. The highest BCUT2D eigenvalue weighted by atomic mass is 32.2. The molecule has 0 bridgehead atoms. The summed E-state index contributed by atoms with van der Waals surface area (Å²) in [5.74, 6) is -0.320. The predicted octanol–water partition coefficient (Wildman–Crippen LogP) is 2.63. The van der Waals surface area contributed by atoms with Gasteiger partial charge >= 0.3 is 6.18 Å². The molecular formula is C13H15F3O4S. The fourth-order valence-electron chi connectivity index (χ4n) is 1.94. The van der Waals surface area contributed by atoms with Crippen LogP contribution < -0.4 is 0 Å². The molecule has 0 saturated carbocycles. The third-order valence-electron chi connectivity index (χ3n) is 3.04. The van der Waals surface area contributed by atoms with Crippen molar-refractivity contribution in [1.82, 2.24) is 0 Å². The molecule has 1 aromatic carbocycles. The van der Waals surface area contributed by atoms with Gasteiger partial charge in [0.1, 0.15) is 0 Å². The molecule has 0 N–H and O–H groups in total. The number of ether oxygens (including phenoxy) is 2. The summed E-state index contributed by atoms with van der Waals surface area (Å²) in [4.78, 5) is -0.340. The molecule has 0 amide bonds. The zero-order chi connectivity index (χ0) is 15.5. The minimum Gasteiger partial charge on any atom is -0.353 e. The Balaban J connectivity index is 2.08. The van der Waals surface area contributed by atoms with Gasteiger partial charge in [-0.15, -0.1) is 0 Å². The minimum atomic E-state index is -4.57. The van der Waals surface area contributed by atoms with Crippen LogP contribution in [0, 0.1) is 0 Å². The Hall–Kier alpha value is -1.12.